The third kappa shape index (κ3) is 5.71. The molecule has 85 valence electrons. The summed E-state index contributed by atoms with van der Waals surface area (Å²) in [5.74, 6) is 0. The van der Waals surface area contributed by atoms with E-state index >= 15 is 0 Å². The predicted molar refractivity (Wildman–Crippen MR) is 63.0 cm³/mol. The predicted octanol–water partition coefficient (Wildman–Crippen LogP) is 4.04. The van der Waals surface area contributed by atoms with Gasteiger partial charge in [0.2, 0.25) is 0 Å². The number of hydrogen-bond acceptors (Lipinski definition) is 0. The molecule has 15 heavy (non-hydrogen) atoms. The Bertz CT molecular complexity index is 308. The normalized spacial score (nSPS) is 8.80. The fourth-order valence-corrected chi connectivity index (χ4v) is 1.44. The van der Waals surface area contributed by atoms with Crippen LogP contribution in [0.4, 0.5) is 0 Å². The van der Waals surface area contributed by atoms with Crippen molar-refractivity contribution in [3.63, 3.8) is 0 Å². The van der Waals surface area contributed by atoms with E-state index in [-0.39, 0.29) is 20.1 Å². The molecule has 0 unspecified atom stereocenters. The first-order valence-electron chi connectivity index (χ1n) is 4.98. The van der Waals surface area contributed by atoms with Gasteiger partial charge in [-0.15, -0.1) is 0 Å². The Kier molecular flexibility index (Phi) is 6.47. The minimum atomic E-state index is 0. The summed E-state index contributed by atoms with van der Waals surface area (Å²) in [6, 6.07) is 12.8. The summed E-state index contributed by atoms with van der Waals surface area (Å²) in [6.45, 7) is 8.42. The van der Waals surface area contributed by atoms with E-state index in [0.29, 0.717) is 0 Å². The van der Waals surface area contributed by atoms with Crippen LogP contribution in [0.25, 0.3) is 0 Å². The zero-order valence-electron chi connectivity index (χ0n) is 9.80. The molecule has 0 heterocycles. The number of hydrogen-bond donors (Lipinski definition) is 0. The van der Waals surface area contributed by atoms with Crippen LogP contribution >= 0.6 is 0 Å². The van der Waals surface area contributed by atoms with Crippen LogP contribution in [0, 0.1) is 27.7 Å². The molecule has 2 rings (SSSR count). The summed E-state index contributed by atoms with van der Waals surface area (Å²) >= 11 is 0. The molecule has 2 aromatic carbocycles. The molecule has 0 fully saturated rings. The van der Waals surface area contributed by atoms with Crippen LogP contribution in [-0.4, -0.2) is 0 Å². The van der Waals surface area contributed by atoms with Gasteiger partial charge in [-0.05, 0) is 0 Å². The molecule has 0 N–H and O–H groups in total. The summed E-state index contributed by atoms with van der Waals surface area (Å²) in [4.78, 5) is 0. The molecule has 0 saturated carbocycles. The Labute approximate surface area is 106 Å². The van der Waals surface area contributed by atoms with Gasteiger partial charge >= 0.3 is 0 Å². The smallest absolute Gasteiger partial charge is 0 e. The number of aryl methyl sites for hydroxylation is 4. The summed E-state index contributed by atoms with van der Waals surface area (Å²) in [5.41, 5.74) is 5.44. The molecule has 0 aliphatic carbocycles. The van der Waals surface area contributed by atoms with Gasteiger partial charge in [0.1, 0.15) is 0 Å². The van der Waals surface area contributed by atoms with Crippen molar-refractivity contribution in [3.05, 3.63) is 58.7 Å². The van der Waals surface area contributed by atoms with Crippen molar-refractivity contribution in [2.45, 2.75) is 27.7 Å². The van der Waals surface area contributed by atoms with Crippen molar-refractivity contribution >= 4 is 0 Å². The maximum absolute atomic E-state index is 2.17. The Morgan fingerprint density at radius 3 is 1.20 bits per heavy atom. The first-order chi connectivity index (χ1) is 6.58. The van der Waals surface area contributed by atoms with Gasteiger partial charge < -0.3 is 0 Å². The molecule has 0 atom stereocenters. The molecule has 0 bridgehead atoms. The monoisotopic (exact) mass is 379 g/mol. The molecule has 0 aliphatic rings. The maximum atomic E-state index is 2.17. The molecule has 0 amide bonds. The van der Waals surface area contributed by atoms with E-state index in [0.717, 1.165) is 0 Å². The Morgan fingerprint density at radius 2 is 1.13 bits per heavy atom. The molecule has 0 spiro atoms. The number of rotatable bonds is 0. The van der Waals surface area contributed by atoms with Crippen molar-refractivity contribution in [3.8, 4) is 0 Å². The molecule has 0 aliphatic heterocycles. The van der Waals surface area contributed by atoms with Gasteiger partial charge in [-0.25, -0.2) is 23.3 Å². The van der Waals surface area contributed by atoms with Crippen molar-refractivity contribution < 1.29 is 20.1 Å². The Morgan fingerprint density at radius 1 is 0.800 bits per heavy atom. The van der Waals surface area contributed by atoms with Gasteiger partial charge in [0.15, 0.2) is 0 Å². The van der Waals surface area contributed by atoms with E-state index in [4.69, 9.17) is 0 Å². The standard InChI is InChI=1S/2C7H9.Ir/c2*1-6-3-4-7(2)5-6;/h2*3-5H,1-2H3;/q2*-1;. The van der Waals surface area contributed by atoms with Crippen LogP contribution in [0.5, 0.6) is 0 Å². The molecular weight excluding hydrogens is 360 g/mol. The van der Waals surface area contributed by atoms with Crippen molar-refractivity contribution in [1.82, 2.24) is 0 Å². The van der Waals surface area contributed by atoms with Crippen LogP contribution in [0.3, 0.4) is 0 Å². The molecule has 1 heteroatoms. The van der Waals surface area contributed by atoms with E-state index in [9.17, 15) is 0 Å². The van der Waals surface area contributed by atoms with Crippen LogP contribution < -0.4 is 0 Å². The molecule has 0 saturated heterocycles. The Hall–Kier alpha value is -0.651. The Balaban J connectivity index is 0.000000245. The largest absolute Gasteiger partial charge is 0.211 e. The molecule has 2 aromatic rings. The van der Waals surface area contributed by atoms with Gasteiger partial charge in [0, 0.05) is 20.1 Å². The van der Waals surface area contributed by atoms with E-state index in [2.05, 4.69) is 64.1 Å². The molecule has 0 nitrogen and oxygen atoms in total. The summed E-state index contributed by atoms with van der Waals surface area (Å²) < 4.78 is 0. The first-order valence-corrected chi connectivity index (χ1v) is 4.98. The van der Waals surface area contributed by atoms with Crippen molar-refractivity contribution in [1.29, 1.82) is 0 Å². The van der Waals surface area contributed by atoms with E-state index in [1.807, 2.05) is 0 Å². The summed E-state index contributed by atoms with van der Waals surface area (Å²) in [5, 5.41) is 0. The summed E-state index contributed by atoms with van der Waals surface area (Å²) in [7, 11) is 0. The molecule has 0 aromatic heterocycles. The first kappa shape index (κ1) is 14.3. The van der Waals surface area contributed by atoms with Gasteiger partial charge in [-0.3, -0.25) is 0 Å². The van der Waals surface area contributed by atoms with Gasteiger partial charge in [0.05, 0.1) is 0 Å². The van der Waals surface area contributed by atoms with Crippen LogP contribution in [0.1, 0.15) is 22.3 Å². The summed E-state index contributed by atoms with van der Waals surface area (Å²) in [6.07, 6.45) is 0. The van der Waals surface area contributed by atoms with E-state index in [1.165, 1.54) is 22.3 Å². The third-order valence-corrected chi connectivity index (χ3v) is 2.13. The van der Waals surface area contributed by atoms with Gasteiger partial charge in [-0.2, -0.15) is 35.4 Å². The zero-order valence-corrected chi connectivity index (χ0v) is 12.2. The second-order valence-electron chi connectivity index (χ2n) is 3.93. The topological polar surface area (TPSA) is 0 Å². The van der Waals surface area contributed by atoms with Crippen LogP contribution in [-0.2, 0) is 20.1 Å². The van der Waals surface area contributed by atoms with Crippen molar-refractivity contribution in [2.24, 2.45) is 0 Å². The maximum Gasteiger partial charge on any atom is 0 e. The quantitative estimate of drug-likeness (QED) is 0.607. The van der Waals surface area contributed by atoms with E-state index in [1.54, 1.807) is 0 Å². The minimum absolute atomic E-state index is 0. The zero-order chi connectivity index (χ0) is 10.6. The minimum Gasteiger partial charge on any atom is -0.211 e. The van der Waals surface area contributed by atoms with Gasteiger partial charge in [0.25, 0.3) is 0 Å². The SMILES string of the molecule is Cc1cc[c-](C)c1.Cc1cc[c-](C)c1.[Ir]. The van der Waals surface area contributed by atoms with Crippen molar-refractivity contribution in [2.75, 3.05) is 0 Å². The third-order valence-electron chi connectivity index (χ3n) is 2.13. The van der Waals surface area contributed by atoms with Crippen LogP contribution in [0.15, 0.2) is 36.4 Å². The van der Waals surface area contributed by atoms with E-state index < -0.39 is 0 Å². The second kappa shape index (κ2) is 6.76. The second-order valence-corrected chi connectivity index (χ2v) is 3.93. The average Bonchev–Trinajstić information content (AvgIpc) is 2.63. The average molecular weight is 379 g/mol. The van der Waals surface area contributed by atoms with Crippen LogP contribution in [0.2, 0.25) is 0 Å². The molecular formula is C14H18Ir-2. The van der Waals surface area contributed by atoms with Gasteiger partial charge in [-0.1, -0.05) is 27.7 Å². The fraction of sp³-hybridized carbons (Fsp3) is 0.286. The fourth-order valence-electron chi connectivity index (χ4n) is 1.44. The molecule has 1 radical (unpaired) electrons.